The Labute approximate surface area is 117 Å². The van der Waals surface area contributed by atoms with Gasteiger partial charge in [0.15, 0.2) is 6.61 Å². The second-order valence-corrected chi connectivity index (χ2v) is 4.36. The molecule has 0 saturated carbocycles. The van der Waals surface area contributed by atoms with Crippen molar-refractivity contribution in [1.82, 2.24) is 5.32 Å². The van der Waals surface area contributed by atoms with E-state index in [2.05, 4.69) is 5.32 Å². The van der Waals surface area contributed by atoms with Gasteiger partial charge in [0, 0.05) is 13.7 Å². The summed E-state index contributed by atoms with van der Waals surface area (Å²) in [5, 5.41) is 12.0. The third-order valence-corrected chi connectivity index (χ3v) is 2.72. The lowest BCUT2D eigenvalue weighted by Crippen LogP contribution is -2.41. The van der Waals surface area contributed by atoms with Crippen molar-refractivity contribution in [2.24, 2.45) is 0 Å². The number of aliphatic hydroxyl groups is 1. The lowest BCUT2D eigenvalue weighted by molar-refractivity contribution is -0.124. The zero-order valence-corrected chi connectivity index (χ0v) is 11.5. The Bertz CT molecular complexity index is 394. The molecular weight excluding hydrogens is 270 g/mol. The molecule has 0 heterocycles. The second kappa shape index (κ2) is 8.74. The largest absolute Gasteiger partial charge is 0.482 e. The molecule has 1 amide bonds. The van der Waals surface area contributed by atoms with E-state index >= 15 is 0 Å². The SMILES string of the molecule is COCC(CCO)NC(=O)COc1ccccc1Cl. The zero-order valence-electron chi connectivity index (χ0n) is 10.8. The molecule has 0 aromatic heterocycles. The van der Waals surface area contributed by atoms with Gasteiger partial charge in [-0.15, -0.1) is 0 Å². The lowest BCUT2D eigenvalue weighted by Gasteiger charge is -2.17. The van der Waals surface area contributed by atoms with Gasteiger partial charge in [-0.05, 0) is 18.6 Å². The summed E-state index contributed by atoms with van der Waals surface area (Å²) in [6.45, 7) is 0.202. The lowest BCUT2D eigenvalue weighted by atomic mass is 10.2. The quantitative estimate of drug-likeness (QED) is 0.755. The number of rotatable bonds is 8. The number of hydrogen-bond donors (Lipinski definition) is 2. The van der Waals surface area contributed by atoms with E-state index in [-0.39, 0.29) is 25.2 Å². The first-order valence-corrected chi connectivity index (χ1v) is 6.31. The number of hydrogen-bond acceptors (Lipinski definition) is 4. The van der Waals surface area contributed by atoms with E-state index in [4.69, 9.17) is 26.2 Å². The van der Waals surface area contributed by atoms with Crippen LogP contribution >= 0.6 is 11.6 Å². The summed E-state index contributed by atoms with van der Waals surface area (Å²) in [4.78, 5) is 11.7. The van der Waals surface area contributed by atoms with Gasteiger partial charge < -0.3 is 19.9 Å². The average molecular weight is 288 g/mol. The van der Waals surface area contributed by atoms with Crippen LogP contribution in [-0.4, -0.2) is 44.0 Å². The molecule has 1 aromatic rings. The van der Waals surface area contributed by atoms with Crippen LogP contribution in [0.2, 0.25) is 5.02 Å². The number of halogens is 1. The fraction of sp³-hybridized carbons (Fsp3) is 0.462. The molecule has 0 aliphatic heterocycles. The summed E-state index contributed by atoms with van der Waals surface area (Å²) >= 11 is 5.90. The van der Waals surface area contributed by atoms with Crippen molar-refractivity contribution in [3.05, 3.63) is 29.3 Å². The molecule has 106 valence electrons. The van der Waals surface area contributed by atoms with E-state index in [1.54, 1.807) is 24.3 Å². The third kappa shape index (κ3) is 5.92. The van der Waals surface area contributed by atoms with Crippen LogP contribution in [0, 0.1) is 0 Å². The van der Waals surface area contributed by atoms with E-state index in [0.29, 0.717) is 23.8 Å². The number of nitrogens with one attached hydrogen (secondary N) is 1. The van der Waals surface area contributed by atoms with Gasteiger partial charge in [0.25, 0.3) is 5.91 Å². The average Bonchev–Trinajstić information content (AvgIpc) is 2.38. The van der Waals surface area contributed by atoms with Crippen LogP contribution in [0.4, 0.5) is 0 Å². The Morgan fingerprint density at radius 2 is 2.21 bits per heavy atom. The van der Waals surface area contributed by atoms with Crippen LogP contribution in [0.15, 0.2) is 24.3 Å². The molecule has 1 aromatic carbocycles. The number of carbonyl (C=O) groups excluding carboxylic acids is 1. The minimum atomic E-state index is -0.282. The number of amides is 1. The predicted octanol–water partition coefficient (Wildman–Crippen LogP) is 1.23. The van der Waals surface area contributed by atoms with Gasteiger partial charge in [0.05, 0.1) is 17.7 Å². The molecule has 0 fully saturated rings. The number of aliphatic hydroxyl groups excluding tert-OH is 1. The van der Waals surface area contributed by atoms with Crippen LogP contribution in [0.5, 0.6) is 5.75 Å². The minimum absolute atomic E-state index is 0.0142. The molecule has 19 heavy (non-hydrogen) atoms. The van der Waals surface area contributed by atoms with Crippen LogP contribution < -0.4 is 10.1 Å². The van der Waals surface area contributed by atoms with Gasteiger partial charge in [-0.1, -0.05) is 23.7 Å². The molecule has 1 unspecified atom stereocenters. The highest BCUT2D eigenvalue weighted by Crippen LogP contribution is 2.22. The molecule has 0 spiro atoms. The number of ether oxygens (including phenoxy) is 2. The van der Waals surface area contributed by atoms with Gasteiger partial charge in [-0.2, -0.15) is 0 Å². The first-order valence-electron chi connectivity index (χ1n) is 5.94. The van der Waals surface area contributed by atoms with E-state index in [1.165, 1.54) is 7.11 Å². The summed E-state index contributed by atoms with van der Waals surface area (Å²) in [6.07, 6.45) is 0.436. The molecule has 0 aliphatic carbocycles. The molecule has 6 heteroatoms. The van der Waals surface area contributed by atoms with Crippen LogP contribution in [0.3, 0.4) is 0 Å². The van der Waals surface area contributed by atoms with E-state index in [9.17, 15) is 4.79 Å². The Morgan fingerprint density at radius 1 is 1.47 bits per heavy atom. The minimum Gasteiger partial charge on any atom is -0.482 e. The highest BCUT2D eigenvalue weighted by atomic mass is 35.5. The van der Waals surface area contributed by atoms with Crippen molar-refractivity contribution < 1.29 is 19.4 Å². The number of methoxy groups -OCH3 is 1. The summed E-state index contributed by atoms with van der Waals surface area (Å²) in [5.41, 5.74) is 0. The summed E-state index contributed by atoms with van der Waals surface area (Å²) in [6, 6.07) is 6.71. The number of benzene rings is 1. The summed E-state index contributed by atoms with van der Waals surface area (Å²) in [5.74, 6) is 0.181. The van der Waals surface area contributed by atoms with Gasteiger partial charge in [-0.3, -0.25) is 4.79 Å². The van der Waals surface area contributed by atoms with Crippen LogP contribution in [0.25, 0.3) is 0 Å². The molecule has 0 aliphatic rings. The van der Waals surface area contributed by atoms with Crippen molar-refractivity contribution in [3.8, 4) is 5.75 Å². The first kappa shape index (κ1) is 15.8. The summed E-state index contributed by atoms with van der Waals surface area (Å²) in [7, 11) is 1.54. The maximum atomic E-state index is 11.7. The smallest absolute Gasteiger partial charge is 0.258 e. The molecule has 2 N–H and O–H groups in total. The van der Waals surface area contributed by atoms with Gasteiger partial charge in [0.1, 0.15) is 5.75 Å². The maximum Gasteiger partial charge on any atom is 0.258 e. The number of carbonyl (C=O) groups is 1. The molecule has 0 saturated heterocycles. The van der Waals surface area contributed by atoms with Crippen molar-refractivity contribution >= 4 is 17.5 Å². The van der Waals surface area contributed by atoms with Crippen molar-refractivity contribution in [1.29, 1.82) is 0 Å². The van der Waals surface area contributed by atoms with E-state index in [0.717, 1.165) is 0 Å². The normalized spacial score (nSPS) is 11.9. The third-order valence-electron chi connectivity index (χ3n) is 2.41. The molecule has 1 rings (SSSR count). The fourth-order valence-corrected chi connectivity index (χ4v) is 1.72. The van der Waals surface area contributed by atoms with Crippen molar-refractivity contribution in [3.63, 3.8) is 0 Å². The predicted molar refractivity (Wildman–Crippen MR) is 72.5 cm³/mol. The maximum absolute atomic E-state index is 11.7. The van der Waals surface area contributed by atoms with Gasteiger partial charge >= 0.3 is 0 Å². The Hall–Kier alpha value is -1.30. The molecule has 0 bridgehead atoms. The Kier molecular flexibility index (Phi) is 7.25. The highest BCUT2D eigenvalue weighted by molar-refractivity contribution is 6.32. The van der Waals surface area contributed by atoms with Gasteiger partial charge in [0.2, 0.25) is 0 Å². The highest BCUT2D eigenvalue weighted by Gasteiger charge is 2.12. The molecule has 1 atom stereocenters. The van der Waals surface area contributed by atoms with E-state index < -0.39 is 0 Å². The Morgan fingerprint density at radius 3 is 2.84 bits per heavy atom. The summed E-state index contributed by atoms with van der Waals surface area (Å²) < 4.78 is 10.3. The molecule has 0 radical (unpaired) electrons. The fourth-order valence-electron chi connectivity index (χ4n) is 1.53. The first-order chi connectivity index (χ1) is 9.17. The second-order valence-electron chi connectivity index (χ2n) is 3.95. The topological polar surface area (TPSA) is 67.8 Å². The van der Waals surface area contributed by atoms with Crippen LogP contribution in [-0.2, 0) is 9.53 Å². The monoisotopic (exact) mass is 287 g/mol. The van der Waals surface area contributed by atoms with Crippen molar-refractivity contribution in [2.75, 3.05) is 26.9 Å². The van der Waals surface area contributed by atoms with Gasteiger partial charge in [-0.25, -0.2) is 0 Å². The van der Waals surface area contributed by atoms with Crippen molar-refractivity contribution in [2.45, 2.75) is 12.5 Å². The van der Waals surface area contributed by atoms with Crippen LogP contribution in [0.1, 0.15) is 6.42 Å². The van der Waals surface area contributed by atoms with E-state index in [1.807, 2.05) is 0 Å². The number of para-hydroxylation sites is 1. The standard InChI is InChI=1S/C13H18ClNO4/c1-18-8-10(6-7-16)15-13(17)9-19-12-5-3-2-4-11(12)14/h2-5,10,16H,6-9H2,1H3,(H,15,17). The molecular formula is C13H18ClNO4. The Balaban J connectivity index is 2.40. The zero-order chi connectivity index (χ0) is 14.1. The molecule has 5 nitrogen and oxygen atoms in total.